The van der Waals surface area contributed by atoms with Crippen LogP contribution in [0.25, 0.3) is 11.4 Å². The van der Waals surface area contributed by atoms with Gasteiger partial charge in [0.05, 0.1) is 18.8 Å². The van der Waals surface area contributed by atoms with Crippen LogP contribution in [0.3, 0.4) is 0 Å². The molecule has 1 atom stereocenters. The molecule has 0 spiro atoms. The smallest absolute Gasteiger partial charge is 0.241 e. The van der Waals surface area contributed by atoms with Crippen molar-refractivity contribution in [1.29, 1.82) is 0 Å². The standard InChI is InChI=1S/C25H34N6O2/c1-25(2,3)21-9-7-19(8-10-21)23-28-22(33-29-23)17-31-13-4-6-20(16-31)24(32)27-11-5-14-30-15-12-26-18-30/h7-10,12,15,18,20H,4-6,11,13-14,16-17H2,1-3H3,(H,27,32). The molecule has 33 heavy (non-hydrogen) atoms. The van der Waals surface area contributed by atoms with Crippen molar-refractivity contribution < 1.29 is 9.32 Å². The van der Waals surface area contributed by atoms with Crippen LogP contribution in [0.5, 0.6) is 0 Å². The Bertz CT molecular complexity index is 1020. The van der Waals surface area contributed by atoms with E-state index in [1.54, 1.807) is 12.5 Å². The van der Waals surface area contributed by atoms with E-state index in [1.165, 1.54) is 5.56 Å². The summed E-state index contributed by atoms with van der Waals surface area (Å²) in [6, 6.07) is 8.33. The fourth-order valence-corrected chi connectivity index (χ4v) is 4.20. The quantitative estimate of drug-likeness (QED) is 0.527. The van der Waals surface area contributed by atoms with Crippen LogP contribution in [0.2, 0.25) is 0 Å². The first-order valence-electron chi connectivity index (χ1n) is 11.8. The molecule has 1 aliphatic rings. The maximum Gasteiger partial charge on any atom is 0.241 e. The van der Waals surface area contributed by atoms with Crippen LogP contribution in [0.1, 0.15) is 51.5 Å². The van der Waals surface area contributed by atoms with E-state index in [0.717, 1.165) is 37.9 Å². The molecule has 176 valence electrons. The Balaban J connectivity index is 1.26. The molecule has 0 bridgehead atoms. The SMILES string of the molecule is CC(C)(C)c1ccc(-c2noc(CN3CCCC(C(=O)NCCCn4ccnc4)C3)n2)cc1. The largest absolute Gasteiger partial charge is 0.356 e. The molecule has 0 saturated carbocycles. The number of nitrogens with one attached hydrogen (secondary N) is 1. The van der Waals surface area contributed by atoms with E-state index in [4.69, 9.17) is 4.52 Å². The van der Waals surface area contributed by atoms with E-state index < -0.39 is 0 Å². The molecular formula is C25H34N6O2. The number of benzene rings is 1. The van der Waals surface area contributed by atoms with Crippen LogP contribution in [-0.4, -0.2) is 50.1 Å². The maximum atomic E-state index is 12.6. The molecule has 3 heterocycles. The summed E-state index contributed by atoms with van der Waals surface area (Å²) in [5.41, 5.74) is 2.33. The van der Waals surface area contributed by atoms with Gasteiger partial charge in [-0.15, -0.1) is 0 Å². The zero-order valence-corrected chi connectivity index (χ0v) is 19.8. The Kier molecular flexibility index (Phi) is 7.23. The number of rotatable bonds is 8. The molecule has 3 aromatic rings. The van der Waals surface area contributed by atoms with Gasteiger partial charge >= 0.3 is 0 Å². The van der Waals surface area contributed by atoms with E-state index in [-0.39, 0.29) is 17.2 Å². The molecule has 0 radical (unpaired) electrons. The van der Waals surface area contributed by atoms with Crippen LogP contribution in [0.15, 0.2) is 47.5 Å². The number of carbonyl (C=O) groups is 1. The van der Waals surface area contributed by atoms with Crippen LogP contribution in [0.4, 0.5) is 0 Å². The number of aromatic nitrogens is 4. The van der Waals surface area contributed by atoms with Crippen molar-refractivity contribution in [2.45, 2.75) is 58.5 Å². The molecule has 0 aliphatic carbocycles. The molecule has 1 aromatic carbocycles. The second kappa shape index (κ2) is 10.3. The summed E-state index contributed by atoms with van der Waals surface area (Å²) >= 11 is 0. The number of hydrogen-bond acceptors (Lipinski definition) is 6. The van der Waals surface area contributed by atoms with Crippen molar-refractivity contribution in [3.63, 3.8) is 0 Å². The van der Waals surface area contributed by atoms with Gasteiger partial charge in [0.2, 0.25) is 17.6 Å². The van der Waals surface area contributed by atoms with Crippen LogP contribution in [-0.2, 0) is 23.3 Å². The van der Waals surface area contributed by atoms with Gasteiger partial charge in [0.1, 0.15) is 0 Å². The van der Waals surface area contributed by atoms with E-state index >= 15 is 0 Å². The van der Waals surface area contributed by atoms with E-state index in [1.807, 2.05) is 22.9 Å². The van der Waals surface area contributed by atoms with Crippen molar-refractivity contribution in [3.8, 4) is 11.4 Å². The summed E-state index contributed by atoms with van der Waals surface area (Å²) in [5, 5.41) is 7.26. The molecule has 1 N–H and O–H groups in total. The fourth-order valence-electron chi connectivity index (χ4n) is 4.20. The molecule has 8 nitrogen and oxygen atoms in total. The Labute approximate surface area is 195 Å². The second-order valence-electron chi connectivity index (χ2n) is 9.86. The lowest BCUT2D eigenvalue weighted by molar-refractivity contribution is -0.126. The number of likely N-dealkylation sites (tertiary alicyclic amines) is 1. The Morgan fingerprint density at radius 1 is 1.24 bits per heavy atom. The summed E-state index contributed by atoms with van der Waals surface area (Å²) in [5.74, 6) is 1.33. The predicted octanol–water partition coefficient (Wildman–Crippen LogP) is 3.65. The van der Waals surface area contributed by atoms with Gasteiger partial charge in [-0.3, -0.25) is 9.69 Å². The summed E-state index contributed by atoms with van der Waals surface area (Å²) in [7, 11) is 0. The topological polar surface area (TPSA) is 89.1 Å². The average Bonchev–Trinajstić information content (AvgIpc) is 3.49. The van der Waals surface area contributed by atoms with E-state index in [2.05, 4.69) is 58.2 Å². The Hall–Kier alpha value is -3.00. The van der Waals surface area contributed by atoms with Crippen molar-refractivity contribution in [2.75, 3.05) is 19.6 Å². The third kappa shape index (κ3) is 6.28. The lowest BCUT2D eigenvalue weighted by Gasteiger charge is -2.30. The molecule has 1 amide bonds. The average molecular weight is 451 g/mol. The van der Waals surface area contributed by atoms with Gasteiger partial charge < -0.3 is 14.4 Å². The Morgan fingerprint density at radius 3 is 2.79 bits per heavy atom. The summed E-state index contributed by atoms with van der Waals surface area (Å²) in [6.07, 6.45) is 8.29. The third-order valence-corrected chi connectivity index (χ3v) is 6.16. The monoisotopic (exact) mass is 450 g/mol. The van der Waals surface area contributed by atoms with Crippen LogP contribution >= 0.6 is 0 Å². The highest BCUT2D eigenvalue weighted by Gasteiger charge is 2.26. The van der Waals surface area contributed by atoms with Gasteiger partial charge in [0, 0.05) is 37.6 Å². The molecule has 1 saturated heterocycles. The minimum absolute atomic E-state index is 0.000621. The van der Waals surface area contributed by atoms with Crippen LogP contribution in [0, 0.1) is 5.92 Å². The van der Waals surface area contributed by atoms with Crippen LogP contribution < -0.4 is 5.32 Å². The molecule has 8 heteroatoms. The van der Waals surface area contributed by atoms with Gasteiger partial charge in [0.25, 0.3) is 0 Å². The number of piperidine rings is 1. The Morgan fingerprint density at radius 2 is 2.06 bits per heavy atom. The molecule has 4 rings (SSSR count). The van der Waals surface area contributed by atoms with Crippen molar-refractivity contribution in [1.82, 2.24) is 29.9 Å². The van der Waals surface area contributed by atoms with Crippen molar-refractivity contribution in [2.24, 2.45) is 5.92 Å². The third-order valence-electron chi connectivity index (χ3n) is 6.16. The first-order valence-corrected chi connectivity index (χ1v) is 11.8. The minimum atomic E-state index is -0.000621. The molecule has 1 unspecified atom stereocenters. The highest BCUT2D eigenvalue weighted by Crippen LogP contribution is 2.25. The first-order chi connectivity index (χ1) is 15.9. The van der Waals surface area contributed by atoms with Crippen molar-refractivity contribution in [3.05, 3.63) is 54.4 Å². The molecule has 1 aliphatic heterocycles. The molecule has 2 aromatic heterocycles. The molecule has 1 fully saturated rings. The number of hydrogen-bond donors (Lipinski definition) is 1. The maximum absolute atomic E-state index is 12.6. The number of carbonyl (C=O) groups excluding carboxylic acids is 1. The van der Waals surface area contributed by atoms with Gasteiger partial charge in [-0.05, 0) is 36.8 Å². The second-order valence-corrected chi connectivity index (χ2v) is 9.86. The normalized spacial score (nSPS) is 17.2. The number of amides is 1. The minimum Gasteiger partial charge on any atom is -0.356 e. The zero-order chi connectivity index (χ0) is 23.3. The first kappa shape index (κ1) is 23.2. The number of nitrogens with zero attached hydrogens (tertiary/aromatic N) is 5. The van der Waals surface area contributed by atoms with Gasteiger partial charge in [-0.1, -0.05) is 50.2 Å². The number of imidazole rings is 1. The number of aryl methyl sites for hydroxylation is 1. The predicted molar refractivity (Wildman–Crippen MR) is 126 cm³/mol. The van der Waals surface area contributed by atoms with Gasteiger partial charge in [-0.2, -0.15) is 4.98 Å². The van der Waals surface area contributed by atoms with Crippen molar-refractivity contribution >= 4 is 5.91 Å². The highest BCUT2D eigenvalue weighted by atomic mass is 16.5. The summed E-state index contributed by atoms with van der Waals surface area (Å²) < 4.78 is 7.54. The van der Waals surface area contributed by atoms with E-state index in [0.29, 0.717) is 31.3 Å². The highest BCUT2D eigenvalue weighted by molar-refractivity contribution is 5.78. The lowest BCUT2D eigenvalue weighted by atomic mass is 9.87. The van der Waals surface area contributed by atoms with Gasteiger partial charge in [-0.25, -0.2) is 4.98 Å². The summed E-state index contributed by atoms with van der Waals surface area (Å²) in [6.45, 7) is 10.3. The summed E-state index contributed by atoms with van der Waals surface area (Å²) in [4.78, 5) is 23.5. The zero-order valence-electron chi connectivity index (χ0n) is 19.8. The fraction of sp³-hybridized carbons (Fsp3) is 0.520. The molecular weight excluding hydrogens is 416 g/mol. The van der Waals surface area contributed by atoms with E-state index in [9.17, 15) is 4.79 Å². The van der Waals surface area contributed by atoms with Gasteiger partial charge in [0.15, 0.2) is 0 Å². The lowest BCUT2D eigenvalue weighted by Crippen LogP contribution is -2.43.